The number of hydrogen-bond donors (Lipinski definition) is 1. The smallest absolute Gasteiger partial charge is 0.261 e. The molecule has 26 heavy (non-hydrogen) atoms. The second kappa shape index (κ2) is 7.39. The average Bonchev–Trinajstić information content (AvgIpc) is 2.87. The normalized spacial score (nSPS) is 14.0. The van der Waals surface area contributed by atoms with E-state index in [1.54, 1.807) is 48.5 Å². The Morgan fingerprint density at radius 3 is 2.04 bits per heavy atom. The molecule has 6 nitrogen and oxygen atoms in total. The number of sulfonamides is 1. The predicted molar refractivity (Wildman–Crippen MR) is 97.4 cm³/mol. The number of benzene rings is 2. The number of carbonyl (C=O) groups excluding carboxylic acids is 2. The molecule has 0 spiro atoms. The summed E-state index contributed by atoms with van der Waals surface area (Å²) < 4.78 is 26.9. The van der Waals surface area contributed by atoms with Crippen molar-refractivity contribution < 1.29 is 18.0 Å². The summed E-state index contributed by atoms with van der Waals surface area (Å²) in [4.78, 5) is 25.9. The van der Waals surface area contributed by atoms with Gasteiger partial charge in [-0.3, -0.25) is 14.5 Å². The van der Waals surface area contributed by atoms with Gasteiger partial charge in [0.1, 0.15) is 0 Å². The predicted octanol–water partition coefficient (Wildman–Crippen LogP) is 2.35. The van der Waals surface area contributed by atoms with Gasteiger partial charge in [0.05, 0.1) is 16.0 Å². The highest BCUT2D eigenvalue weighted by Crippen LogP contribution is 2.22. The standard InChI is InChI=1S/C19H20N2O4S/c1-14-8-10-15(11-9-14)26(24,25)20-12-4-5-13-21-18(22)16-6-2-3-7-17(16)19(21)23/h2-3,6-11,20H,4-5,12-13H2,1H3. The van der Waals surface area contributed by atoms with E-state index in [0.717, 1.165) is 5.56 Å². The summed E-state index contributed by atoms with van der Waals surface area (Å²) in [6.07, 6.45) is 1.06. The molecule has 0 atom stereocenters. The summed E-state index contributed by atoms with van der Waals surface area (Å²) in [5.74, 6) is -0.573. The van der Waals surface area contributed by atoms with Gasteiger partial charge in [-0.05, 0) is 44.0 Å². The molecule has 0 saturated heterocycles. The molecule has 3 rings (SSSR count). The van der Waals surface area contributed by atoms with Crippen LogP contribution in [0.3, 0.4) is 0 Å². The summed E-state index contributed by atoms with van der Waals surface area (Å²) in [5, 5.41) is 0. The maximum atomic E-state index is 12.2. The van der Waals surface area contributed by atoms with Crippen molar-refractivity contribution in [2.45, 2.75) is 24.7 Å². The Morgan fingerprint density at radius 1 is 0.885 bits per heavy atom. The van der Waals surface area contributed by atoms with E-state index in [1.165, 1.54) is 4.90 Å². The van der Waals surface area contributed by atoms with Crippen LogP contribution in [-0.2, 0) is 10.0 Å². The molecule has 1 aliphatic heterocycles. The quantitative estimate of drug-likeness (QED) is 0.597. The fourth-order valence-electron chi connectivity index (χ4n) is 2.84. The maximum absolute atomic E-state index is 12.2. The second-order valence-corrected chi connectivity index (χ2v) is 7.99. The zero-order valence-electron chi connectivity index (χ0n) is 14.4. The molecule has 2 aromatic carbocycles. The van der Waals surface area contributed by atoms with Gasteiger partial charge >= 0.3 is 0 Å². The van der Waals surface area contributed by atoms with Crippen molar-refractivity contribution in [1.82, 2.24) is 9.62 Å². The van der Waals surface area contributed by atoms with Crippen molar-refractivity contribution in [1.29, 1.82) is 0 Å². The number of imide groups is 1. The van der Waals surface area contributed by atoms with Gasteiger partial charge in [-0.15, -0.1) is 0 Å². The lowest BCUT2D eigenvalue weighted by Crippen LogP contribution is -2.31. The lowest BCUT2D eigenvalue weighted by Gasteiger charge is -2.13. The van der Waals surface area contributed by atoms with Crippen molar-refractivity contribution in [2.24, 2.45) is 0 Å². The van der Waals surface area contributed by atoms with Crippen molar-refractivity contribution in [3.05, 3.63) is 65.2 Å². The Balaban J connectivity index is 1.49. The molecular weight excluding hydrogens is 352 g/mol. The van der Waals surface area contributed by atoms with Crippen molar-refractivity contribution in [3.63, 3.8) is 0 Å². The largest absolute Gasteiger partial charge is 0.274 e. The Hall–Kier alpha value is -2.51. The van der Waals surface area contributed by atoms with Crippen LogP contribution in [-0.4, -0.2) is 38.2 Å². The molecule has 0 aromatic heterocycles. The first-order valence-electron chi connectivity index (χ1n) is 8.42. The van der Waals surface area contributed by atoms with Gasteiger partial charge in [-0.2, -0.15) is 0 Å². The molecule has 2 amide bonds. The highest BCUT2D eigenvalue weighted by atomic mass is 32.2. The van der Waals surface area contributed by atoms with E-state index in [-0.39, 0.29) is 29.8 Å². The molecule has 136 valence electrons. The molecule has 0 radical (unpaired) electrons. The summed E-state index contributed by atoms with van der Waals surface area (Å²) in [5.41, 5.74) is 1.85. The Morgan fingerprint density at radius 2 is 1.46 bits per heavy atom. The van der Waals surface area contributed by atoms with Crippen LogP contribution in [0.15, 0.2) is 53.4 Å². The Bertz CT molecular complexity index is 901. The molecule has 0 saturated carbocycles. The first-order chi connectivity index (χ1) is 12.4. The number of carbonyl (C=O) groups is 2. The monoisotopic (exact) mass is 372 g/mol. The number of amides is 2. The third kappa shape index (κ3) is 3.68. The number of aryl methyl sites for hydroxylation is 1. The SMILES string of the molecule is Cc1ccc(S(=O)(=O)NCCCCN2C(=O)c3ccccc3C2=O)cc1. The molecule has 1 N–H and O–H groups in total. The van der Waals surface area contributed by atoms with E-state index < -0.39 is 10.0 Å². The molecule has 0 fully saturated rings. The third-order valence-corrected chi connectivity index (χ3v) is 5.79. The molecule has 0 unspecified atom stereocenters. The number of hydrogen-bond acceptors (Lipinski definition) is 4. The van der Waals surface area contributed by atoms with Crippen LogP contribution in [0, 0.1) is 6.92 Å². The zero-order valence-corrected chi connectivity index (χ0v) is 15.3. The number of rotatable bonds is 7. The van der Waals surface area contributed by atoms with Crippen LogP contribution >= 0.6 is 0 Å². The minimum Gasteiger partial charge on any atom is -0.274 e. The topological polar surface area (TPSA) is 83.6 Å². The van der Waals surface area contributed by atoms with E-state index >= 15 is 0 Å². The fraction of sp³-hybridized carbons (Fsp3) is 0.263. The fourth-order valence-corrected chi connectivity index (χ4v) is 3.92. The van der Waals surface area contributed by atoms with Crippen LogP contribution in [0.25, 0.3) is 0 Å². The summed E-state index contributed by atoms with van der Waals surface area (Å²) in [6.45, 7) is 2.42. The first kappa shape index (κ1) is 18.3. The lowest BCUT2D eigenvalue weighted by atomic mass is 10.1. The molecule has 1 aliphatic rings. The minimum atomic E-state index is -3.54. The first-order valence-corrected chi connectivity index (χ1v) is 9.90. The Kier molecular flexibility index (Phi) is 5.20. The van der Waals surface area contributed by atoms with Crippen LogP contribution < -0.4 is 4.72 Å². The highest BCUT2D eigenvalue weighted by Gasteiger charge is 2.34. The van der Waals surface area contributed by atoms with Gasteiger partial charge < -0.3 is 0 Å². The summed E-state index contributed by atoms with van der Waals surface area (Å²) >= 11 is 0. The minimum absolute atomic E-state index is 0.225. The molecule has 7 heteroatoms. The van der Waals surface area contributed by atoms with Crippen molar-refractivity contribution >= 4 is 21.8 Å². The van der Waals surface area contributed by atoms with Crippen molar-refractivity contribution in [2.75, 3.05) is 13.1 Å². The van der Waals surface area contributed by atoms with Crippen LogP contribution in [0.1, 0.15) is 39.1 Å². The van der Waals surface area contributed by atoms with Gasteiger partial charge in [0.2, 0.25) is 10.0 Å². The molecular formula is C19H20N2O4S. The van der Waals surface area contributed by atoms with Gasteiger partial charge in [-0.25, -0.2) is 13.1 Å². The highest BCUT2D eigenvalue weighted by molar-refractivity contribution is 7.89. The zero-order chi connectivity index (χ0) is 18.7. The number of unbranched alkanes of at least 4 members (excludes halogenated alkanes) is 1. The van der Waals surface area contributed by atoms with Gasteiger partial charge in [0, 0.05) is 13.1 Å². The van der Waals surface area contributed by atoms with Gasteiger partial charge in [0.15, 0.2) is 0 Å². The lowest BCUT2D eigenvalue weighted by molar-refractivity contribution is 0.0652. The maximum Gasteiger partial charge on any atom is 0.261 e. The summed E-state index contributed by atoms with van der Waals surface area (Å²) in [6, 6.07) is 13.4. The number of nitrogens with zero attached hydrogens (tertiary/aromatic N) is 1. The number of nitrogens with one attached hydrogen (secondary N) is 1. The Labute approximate surface area is 152 Å². The second-order valence-electron chi connectivity index (χ2n) is 6.23. The van der Waals surface area contributed by atoms with Crippen LogP contribution in [0.2, 0.25) is 0 Å². The average molecular weight is 372 g/mol. The van der Waals surface area contributed by atoms with E-state index in [1.807, 2.05) is 6.92 Å². The number of fused-ring (bicyclic) bond motifs is 1. The molecule has 1 heterocycles. The van der Waals surface area contributed by atoms with Gasteiger partial charge in [0.25, 0.3) is 11.8 Å². The summed E-state index contributed by atoms with van der Waals surface area (Å²) in [7, 11) is -3.54. The molecule has 0 bridgehead atoms. The van der Waals surface area contributed by atoms with Crippen LogP contribution in [0.4, 0.5) is 0 Å². The van der Waals surface area contributed by atoms with E-state index in [9.17, 15) is 18.0 Å². The van der Waals surface area contributed by atoms with E-state index in [2.05, 4.69) is 4.72 Å². The van der Waals surface area contributed by atoms with E-state index in [0.29, 0.717) is 24.0 Å². The van der Waals surface area contributed by atoms with Gasteiger partial charge in [-0.1, -0.05) is 29.8 Å². The molecule has 2 aromatic rings. The molecule has 0 aliphatic carbocycles. The third-order valence-electron chi connectivity index (χ3n) is 4.31. The van der Waals surface area contributed by atoms with E-state index in [4.69, 9.17) is 0 Å². The van der Waals surface area contributed by atoms with Crippen LogP contribution in [0.5, 0.6) is 0 Å². The van der Waals surface area contributed by atoms with Crippen molar-refractivity contribution in [3.8, 4) is 0 Å².